The van der Waals surface area contributed by atoms with Crippen molar-refractivity contribution in [2.75, 3.05) is 12.3 Å². The van der Waals surface area contributed by atoms with E-state index in [-0.39, 0.29) is 50.0 Å². The van der Waals surface area contributed by atoms with Crippen molar-refractivity contribution in [3.63, 3.8) is 0 Å². The van der Waals surface area contributed by atoms with E-state index in [9.17, 15) is 33.0 Å². The van der Waals surface area contributed by atoms with Gasteiger partial charge in [0, 0.05) is 30.3 Å². The molecular formula is C40H39F3N6O6S. The van der Waals surface area contributed by atoms with E-state index in [1.807, 2.05) is 72.8 Å². The zero-order valence-electron chi connectivity index (χ0n) is 30.2. The first kappa shape index (κ1) is 39.0. The first-order valence-electron chi connectivity index (χ1n) is 18.0. The summed E-state index contributed by atoms with van der Waals surface area (Å²) in [6.07, 6.45) is -5.89. The Balaban J connectivity index is 1.05. The van der Waals surface area contributed by atoms with E-state index in [1.54, 1.807) is 28.9 Å². The summed E-state index contributed by atoms with van der Waals surface area (Å²) in [6, 6.07) is 28.3. The minimum Gasteiger partial charge on any atom is -0.508 e. The molecule has 2 aliphatic heterocycles. The number of aromatic hydroxyl groups is 1. The average Bonchev–Trinajstić information content (AvgIpc) is 3.90. The van der Waals surface area contributed by atoms with Crippen LogP contribution >= 0.6 is 11.8 Å². The normalized spacial score (nSPS) is 21.2. The Labute approximate surface area is 324 Å². The fourth-order valence-electron chi connectivity index (χ4n) is 6.94. The SMILES string of the molecule is CC1C(CSc2nnnn2-c2ccc(O)cc2)OC(c2ccc(-c3cccc(CNC(=O)C4CCCN4C(=O)C(F)(F)F)c3)cc2)OC1c1ccc(CO)cc1. The third kappa shape index (κ3) is 8.73. The molecular weight excluding hydrogens is 750 g/mol. The molecule has 4 aromatic carbocycles. The monoisotopic (exact) mass is 788 g/mol. The number of amides is 2. The highest BCUT2D eigenvalue weighted by atomic mass is 32.2. The summed E-state index contributed by atoms with van der Waals surface area (Å²) in [4.78, 5) is 25.3. The molecule has 3 heterocycles. The molecule has 1 aromatic heterocycles. The molecule has 56 heavy (non-hydrogen) atoms. The molecule has 16 heteroatoms. The van der Waals surface area contributed by atoms with Crippen molar-refractivity contribution in [1.82, 2.24) is 30.4 Å². The second-order valence-corrected chi connectivity index (χ2v) is 14.7. The second kappa shape index (κ2) is 16.8. The number of carbonyl (C=O) groups excluding carboxylic acids is 2. The molecule has 5 atom stereocenters. The number of ether oxygens (including phenoxy) is 2. The van der Waals surface area contributed by atoms with Gasteiger partial charge < -0.3 is 29.9 Å². The lowest BCUT2D eigenvalue weighted by Gasteiger charge is -2.41. The summed E-state index contributed by atoms with van der Waals surface area (Å²) in [5.41, 5.74) is 5.71. The molecule has 292 valence electrons. The molecule has 5 aromatic rings. The van der Waals surface area contributed by atoms with E-state index in [0.717, 1.165) is 33.4 Å². The Kier molecular flexibility index (Phi) is 11.7. The molecule has 2 aliphatic rings. The van der Waals surface area contributed by atoms with Crippen LogP contribution in [0.4, 0.5) is 13.2 Å². The number of benzene rings is 4. The number of phenols is 1. The maximum atomic E-state index is 13.1. The minimum absolute atomic E-state index is 0.0707. The molecule has 0 radical (unpaired) electrons. The van der Waals surface area contributed by atoms with Gasteiger partial charge in [-0.15, -0.1) is 5.10 Å². The molecule has 12 nitrogen and oxygen atoms in total. The number of carbonyl (C=O) groups is 2. The fraction of sp³-hybridized carbons (Fsp3) is 0.325. The summed E-state index contributed by atoms with van der Waals surface area (Å²) < 4.78 is 54.0. The molecule has 3 N–H and O–H groups in total. The van der Waals surface area contributed by atoms with Crippen molar-refractivity contribution in [2.45, 2.75) is 68.8 Å². The van der Waals surface area contributed by atoms with E-state index < -0.39 is 30.3 Å². The van der Waals surface area contributed by atoms with Crippen molar-refractivity contribution < 1.29 is 42.4 Å². The highest BCUT2D eigenvalue weighted by Crippen LogP contribution is 2.43. The summed E-state index contributed by atoms with van der Waals surface area (Å²) in [5.74, 6) is -2.06. The number of aromatic nitrogens is 4. The maximum Gasteiger partial charge on any atom is 0.471 e. The Morgan fingerprint density at radius 3 is 2.38 bits per heavy atom. The van der Waals surface area contributed by atoms with Crippen molar-refractivity contribution >= 4 is 23.6 Å². The number of thioether (sulfide) groups is 1. The summed E-state index contributed by atoms with van der Waals surface area (Å²) in [7, 11) is 0. The second-order valence-electron chi connectivity index (χ2n) is 13.7. The molecule has 0 spiro atoms. The lowest BCUT2D eigenvalue weighted by Crippen LogP contribution is -2.50. The Hall–Kier alpha value is -5.29. The zero-order chi connectivity index (χ0) is 39.4. The molecule has 2 amide bonds. The largest absolute Gasteiger partial charge is 0.508 e. The Morgan fingerprint density at radius 1 is 0.929 bits per heavy atom. The van der Waals surface area contributed by atoms with Gasteiger partial charge in [-0.1, -0.05) is 85.4 Å². The van der Waals surface area contributed by atoms with Crippen LogP contribution in [0.5, 0.6) is 5.75 Å². The minimum atomic E-state index is -5.03. The van der Waals surface area contributed by atoms with Crippen LogP contribution in [0.3, 0.4) is 0 Å². The van der Waals surface area contributed by atoms with Gasteiger partial charge in [-0.25, -0.2) is 0 Å². The predicted octanol–water partition coefficient (Wildman–Crippen LogP) is 6.28. The quantitative estimate of drug-likeness (QED) is 0.131. The first-order chi connectivity index (χ1) is 27.0. The number of halogens is 3. The molecule has 7 rings (SSSR count). The molecule has 0 bridgehead atoms. The number of alkyl halides is 3. The average molecular weight is 789 g/mol. The number of hydrogen-bond acceptors (Lipinski definition) is 10. The number of likely N-dealkylation sites (tertiary alicyclic amines) is 1. The lowest BCUT2D eigenvalue weighted by atomic mass is 9.91. The number of nitrogens with zero attached hydrogens (tertiary/aromatic N) is 5. The van der Waals surface area contributed by atoms with Crippen LogP contribution in [-0.2, 0) is 32.2 Å². The number of rotatable bonds is 11. The molecule has 0 saturated carbocycles. The highest BCUT2D eigenvalue weighted by molar-refractivity contribution is 7.99. The van der Waals surface area contributed by atoms with Crippen LogP contribution in [-0.4, -0.2) is 77.8 Å². The van der Waals surface area contributed by atoms with Crippen LogP contribution in [0.1, 0.15) is 54.4 Å². The van der Waals surface area contributed by atoms with Gasteiger partial charge >= 0.3 is 12.1 Å². The van der Waals surface area contributed by atoms with E-state index >= 15 is 0 Å². The third-order valence-electron chi connectivity index (χ3n) is 10.0. The van der Waals surface area contributed by atoms with Gasteiger partial charge in [0.1, 0.15) is 11.8 Å². The number of aliphatic hydroxyl groups is 1. The van der Waals surface area contributed by atoms with Crippen molar-refractivity contribution in [2.24, 2.45) is 5.92 Å². The first-order valence-corrected chi connectivity index (χ1v) is 19.0. The van der Waals surface area contributed by atoms with E-state index in [1.165, 1.54) is 11.8 Å². The van der Waals surface area contributed by atoms with Gasteiger partial charge in [-0.05, 0) is 81.4 Å². The van der Waals surface area contributed by atoms with Gasteiger partial charge in [0.25, 0.3) is 0 Å². The topological polar surface area (TPSA) is 152 Å². The Bertz CT molecular complexity index is 2130. The van der Waals surface area contributed by atoms with Crippen LogP contribution in [0, 0.1) is 5.92 Å². The van der Waals surface area contributed by atoms with Gasteiger partial charge in [-0.2, -0.15) is 17.9 Å². The number of hydrogen-bond donors (Lipinski definition) is 3. The van der Waals surface area contributed by atoms with Crippen molar-refractivity contribution in [3.05, 3.63) is 119 Å². The third-order valence-corrected chi connectivity index (χ3v) is 11.0. The van der Waals surface area contributed by atoms with E-state index in [0.29, 0.717) is 27.9 Å². The van der Waals surface area contributed by atoms with E-state index in [2.05, 4.69) is 27.8 Å². The van der Waals surface area contributed by atoms with Gasteiger partial charge in [-0.3, -0.25) is 9.59 Å². The van der Waals surface area contributed by atoms with Crippen LogP contribution in [0.25, 0.3) is 16.8 Å². The smallest absolute Gasteiger partial charge is 0.471 e. The molecule has 0 aliphatic carbocycles. The van der Waals surface area contributed by atoms with E-state index in [4.69, 9.17) is 9.47 Å². The maximum absolute atomic E-state index is 13.1. The molecule has 2 fully saturated rings. The predicted molar refractivity (Wildman–Crippen MR) is 199 cm³/mol. The van der Waals surface area contributed by atoms with Crippen LogP contribution < -0.4 is 5.32 Å². The molecule has 5 unspecified atom stereocenters. The summed E-state index contributed by atoms with van der Waals surface area (Å²) in [5, 5.41) is 34.8. The van der Waals surface area contributed by atoms with Gasteiger partial charge in [0.15, 0.2) is 6.29 Å². The van der Waals surface area contributed by atoms with Gasteiger partial charge in [0.2, 0.25) is 11.1 Å². The summed E-state index contributed by atoms with van der Waals surface area (Å²) >= 11 is 1.44. The number of aliphatic hydroxyl groups excluding tert-OH is 1. The van der Waals surface area contributed by atoms with Crippen LogP contribution in [0.15, 0.2) is 102 Å². The van der Waals surface area contributed by atoms with Gasteiger partial charge in [0.05, 0.1) is 24.5 Å². The summed E-state index contributed by atoms with van der Waals surface area (Å²) in [6.45, 7) is 1.97. The fourth-order valence-corrected chi connectivity index (χ4v) is 7.99. The standard InChI is InChI=1S/C40H39F3N6O6S/c1-24-34(23-56-39-45-46-47-49(39)31-15-17-32(51)18-16-31)54-37(55-35(24)28-9-7-25(22-50)8-10-28)29-13-11-27(12-14-29)30-5-2-4-26(20-30)21-44-36(52)33-6-3-19-48(33)38(53)40(41,42)43/h2,4-5,7-18,20,24,33-35,37,50-51H,3,6,19,21-23H2,1H3,(H,44,52). The zero-order valence-corrected chi connectivity index (χ0v) is 31.0. The number of tetrazole rings is 1. The van der Waals surface area contributed by atoms with Crippen molar-refractivity contribution in [1.29, 1.82) is 0 Å². The van der Waals surface area contributed by atoms with Crippen molar-refractivity contribution in [3.8, 4) is 22.6 Å². The van der Waals surface area contributed by atoms with Crippen LogP contribution in [0.2, 0.25) is 0 Å². The number of phenolic OH excluding ortho intramolecular Hbond substituents is 1. The lowest BCUT2D eigenvalue weighted by molar-refractivity contribution is -0.268. The number of nitrogens with one attached hydrogen (secondary N) is 1. The highest BCUT2D eigenvalue weighted by Gasteiger charge is 2.47. The Morgan fingerprint density at radius 2 is 1.66 bits per heavy atom. The molecule has 2 saturated heterocycles.